The summed E-state index contributed by atoms with van der Waals surface area (Å²) in [6, 6.07) is 5.75. The van der Waals surface area contributed by atoms with Gasteiger partial charge in [-0.1, -0.05) is 22.0 Å². The standard InChI is InChI=1S/C13H16Br2O3/c1-3-17-12-9(15)7-11(12)18-13-8(14)5-4-6-10(13)16-2/h4-6,9,11-12H,3,7H2,1-2H3. The Kier molecular flexibility index (Phi) is 4.92. The van der Waals surface area contributed by atoms with Crippen molar-refractivity contribution in [2.24, 2.45) is 0 Å². The molecule has 2 rings (SSSR count). The maximum Gasteiger partial charge on any atom is 0.175 e. The highest BCUT2D eigenvalue weighted by Crippen LogP contribution is 2.40. The van der Waals surface area contributed by atoms with Crippen LogP contribution in [-0.4, -0.2) is 30.8 Å². The average molecular weight is 380 g/mol. The smallest absolute Gasteiger partial charge is 0.175 e. The maximum absolute atomic E-state index is 6.01. The molecule has 5 heteroatoms. The number of rotatable bonds is 5. The quantitative estimate of drug-likeness (QED) is 0.728. The van der Waals surface area contributed by atoms with E-state index < -0.39 is 0 Å². The molecule has 0 bridgehead atoms. The van der Waals surface area contributed by atoms with Crippen molar-refractivity contribution in [2.75, 3.05) is 13.7 Å². The summed E-state index contributed by atoms with van der Waals surface area (Å²) in [5.74, 6) is 1.48. The minimum Gasteiger partial charge on any atom is -0.493 e. The molecular formula is C13H16Br2O3. The fourth-order valence-corrected chi connectivity index (χ4v) is 3.27. The van der Waals surface area contributed by atoms with E-state index in [2.05, 4.69) is 31.9 Å². The van der Waals surface area contributed by atoms with Gasteiger partial charge in [0.15, 0.2) is 11.5 Å². The molecule has 0 radical (unpaired) electrons. The van der Waals surface area contributed by atoms with E-state index in [1.165, 1.54) is 0 Å². The fraction of sp³-hybridized carbons (Fsp3) is 0.538. The fourth-order valence-electron chi connectivity index (χ4n) is 1.96. The van der Waals surface area contributed by atoms with Gasteiger partial charge in [0.25, 0.3) is 0 Å². The zero-order valence-corrected chi connectivity index (χ0v) is 13.5. The molecule has 3 unspecified atom stereocenters. The zero-order chi connectivity index (χ0) is 13.1. The lowest BCUT2D eigenvalue weighted by atomic mass is 9.91. The Balaban J connectivity index is 2.10. The van der Waals surface area contributed by atoms with Gasteiger partial charge in [0.2, 0.25) is 0 Å². The molecule has 1 aliphatic carbocycles. The van der Waals surface area contributed by atoms with Crippen molar-refractivity contribution in [3.05, 3.63) is 22.7 Å². The average Bonchev–Trinajstić information content (AvgIpc) is 2.37. The lowest BCUT2D eigenvalue weighted by Gasteiger charge is -2.41. The summed E-state index contributed by atoms with van der Waals surface area (Å²) in [6.07, 6.45) is 1.11. The van der Waals surface area contributed by atoms with Crippen molar-refractivity contribution in [1.82, 2.24) is 0 Å². The van der Waals surface area contributed by atoms with Gasteiger partial charge in [-0.25, -0.2) is 0 Å². The third kappa shape index (κ3) is 2.83. The third-order valence-electron chi connectivity index (χ3n) is 2.96. The van der Waals surface area contributed by atoms with Crippen LogP contribution in [0.2, 0.25) is 0 Å². The van der Waals surface area contributed by atoms with Gasteiger partial charge in [0, 0.05) is 17.9 Å². The highest BCUT2D eigenvalue weighted by Gasteiger charge is 2.42. The second kappa shape index (κ2) is 6.26. The Hall–Kier alpha value is -0.260. The van der Waals surface area contributed by atoms with Crippen LogP contribution < -0.4 is 9.47 Å². The van der Waals surface area contributed by atoms with E-state index in [-0.39, 0.29) is 12.2 Å². The van der Waals surface area contributed by atoms with Crippen LogP contribution >= 0.6 is 31.9 Å². The topological polar surface area (TPSA) is 27.7 Å². The highest BCUT2D eigenvalue weighted by atomic mass is 79.9. The van der Waals surface area contributed by atoms with Gasteiger partial charge in [-0.05, 0) is 35.0 Å². The molecule has 1 aromatic carbocycles. The maximum atomic E-state index is 6.01. The molecule has 0 saturated heterocycles. The SMILES string of the molecule is CCOC1C(Br)CC1Oc1c(Br)cccc1OC. The molecule has 0 N–H and O–H groups in total. The predicted octanol–water partition coefficient (Wildman–Crippen LogP) is 3.78. The second-order valence-corrected chi connectivity index (χ2v) is 6.13. The van der Waals surface area contributed by atoms with Crippen LogP contribution in [0, 0.1) is 0 Å². The van der Waals surface area contributed by atoms with Gasteiger partial charge in [-0.2, -0.15) is 0 Å². The van der Waals surface area contributed by atoms with Crippen LogP contribution in [0.1, 0.15) is 13.3 Å². The van der Waals surface area contributed by atoms with E-state index in [9.17, 15) is 0 Å². The van der Waals surface area contributed by atoms with Gasteiger partial charge >= 0.3 is 0 Å². The van der Waals surface area contributed by atoms with Gasteiger partial charge in [-0.3, -0.25) is 0 Å². The molecule has 0 aliphatic heterocycles. The second-order valence-electron chi connectivity index (χ2n) is 4.10. The molecule has 3 nitrogen and oxygen atoms in total. The molecule has 0 heterocycles. The van der Waals surface area contributed by atoms with Crippen molar-refractivity contribution >= 4 is 31.9 Å². The van der Waals surface area contributed by atoms with Crippen molar-refractivity contribution in [2.45, 2.75) is 30.4 Å². The summed E-state index contributed by atoms with van der Waals surface area (Å²) in [5, 5.41) is 0. The number of halogens is 2. The number of hydrogen-bond donors (Lipinski definition) is 0. The summed E-state index contributed by atoms with van der Waals surface area (Å²) >= 11 is 7.07. The Morgan fingerprint density at radius 2 is 2.17 bits per heavy atom. The molecule has 1 aliphatic rings. The number of methoxy groups -OCH3 is 1. The lowest BCUT2D eigenvalue weighted by Crippen LogP contribution is -2.52. The molecule has 18 heavy (non-hydrogen) atoms. The minimum absolute atomic E-state index is 0.0712. The first-order chi connectivity index (χ1) is 8.67. The Bertz CT molecular complexity index is 411. The molecular weight excluding hydrogens is 364 g/mol. The van der Waals surface area contributed by atoms with Crippen LogP contribution in [0.3, 0.4) is 0 Å². The van der Waals surface area contributed by atoms with Crippen molar-refractivity contribution in [3.8, 4) is 11.5 Å². The van der Waals surface area contributed by atoms with Crippen LogP contribution in [0.25, 0.3) is 0 Å². The summed E-state index contributed by atoms with van der Waals surface area (Å²) in [4.78, 5) is 0.371. The summed E-state index contributed by atoms with van der Waals surface area (Å²) < 4.78 is 17.9. The number of hydrogen-bond acceptors (Lipinski definition) is 3. The number of benzene rings is 1. The van der Waals surface area contributed by atoms with Crippen LogP contribution in [0.15, 0.2) is 22.7 Å². The van der Waals surface area contributed by atoms with Crippen LogP contribution in [0.5, 0.6) is 11.5 Å². The van der Waals surface area contributed by atoms with Crippen molar-refractivity contribution in [3.63, 3.8) is 0 Å². The monoisotopic (exact) mass is 378 g/mol. The van der Waals surface area contributed by atoms with E-state index in [4.69, 9.17) is 14.2 Å². The molecule has 0 spiro atoms. The first-order valence-electron chi connectivity index (χ1n) is 5.92. The van der Waals surface area contributed by atoms with E-state index in [1.807, 2.05) is 25.1 Å². The third-order valence-corrected chi connectivity index (χ3v) is 4.48. The minimum atomic E-state index is 0.0712. The first kappa shape index (κ1) is 14.2. The Labute approximate surface area is 124 Å². The molecule has 1 saturated carbocycles. The van der Waals surface area contributed by atoms with E-state index in [0.29, 0.717) is 11.4 Å². The summed E-state index contributed by atoms with van der Waals surface area (Å²) in [7, 11) is 1.64. The Morgan fingerprint density at radius 3 is 2.78 bits per heavy atom. The molecule has 1 fully saturated rings. The molecule has 100 valence electrons. The summed E-state index contributed by atoms with van der Waals surface area (Å²) in [6.45, 7) is 2.69. The van der Waals surface area contributed by atoms with Gasteiger partial charge < -0.3 is 14.2 Å². The normalized spacial score (nSPS) is 26.6. The van der Waals surface area contributed by atoms with Crippen molar-refractivity contribution in [1.29, 1.82) is 0 Å². The first-order valence-corrected chi connectivity index (χ1v) is 7.63. The molecule has 0 aromatic heterocycles. The van der Waals surface area contributed by atoms with E-state index in [0.717, 1.165) is 22.4 Å². The zero-order valence-electron chi connectivity index (χ0n) is 10.4. The predicted molar refractivity (Wildman–Crippen MR) is 77.9 cm³/mol. The molecule has 3 atom stereocenters. The largest absolute Gasteiger partial charge is 0.493 e. The lowest BCUT2D eigenvalue weighted by molar-refractivity contribution is -0.0731. The number of alkyl halides is 1. The number of para-hydroxylation sites is 1. The van der Waals surface area contributed by atoms with Gasteiger partial charge in [0.05, 0.1) is 11.6 Å². The van der Waals surface area contributed by atoms with E-state index in [1.54, 1.807) is 7.11 Å². The van der Waals surface area contributed by atoms with Crippen LogP contribution in [-0.2, 0) is 4.74 Å². The van der Waals surface area contributed by atoms with Crippen molar-refractivity contribution < 1.29 is 14.2 Å². The van der Waals surface area contributed by atoms with E-state index >= 15 is 0 Å². The molecule has 1 aromatic rings. The Morgan fingerprint density at radius 1 is 1.39 bits per heavy atom. The van der Waals surface area contributed by atoms with Gasteiger partial charge in [0.1, 0.15) is 12.2 Å². The number of ether oxygens (including phenoxy) is 3. The highest BCUT2D eigenvalue weighted by molar-refractivity contribution is 9.10. The molecule has 0 amide bonds. The van der Waals surface area contributed by atoms with Crippen LogP contribution in [0.4, 0.5) is 0 Å². The van der Waals surface area contributed by atoms with Gasteiger partial charge in [-0.15, -0.1) is 0 Å². The summed E-state index contributed by atoms with van der Waals surface area (Å²) in [5.41, 5.74) is 0.